The second-order valence-electron chi connectivity index (χ2n) is 5.12. The van der Waals surface area contributed by atoms with Crippen LogP contribution in [0.15, 0.2) is 41.5 Å². The SMILES string of the molecule is CCOc1cc(C=NNC(N)=O)cc(I)c1OC(=O)c1ccc(OC)cc1. The molecule has 0 radical (unpaired) electrons. The average Bonchev–Trinajstić information content (AvgIpc) is 2.64. The number of primary amides is 1. The van der Waals surface area contributed by atoms with Gasteiger partial charge in [-0.3, -0.25) is 0 Å². The van der Waals surface area contributed by atoms with Gasteiger partial charge < -0.3 is 19.9 Å². The van der Waals surface area contributed by atoms with Crippen LogP contribution in [-0.2, 0) is 0 Å². The van der Waals surface area contributed by atoms with Gasteiger partial charge in [0.05, 0.1) is 29.1 Å². The van der Waals surface area contributed by atoms with E-state index in [-0.39, 0.29) is 0 Å². The Balaban J connectivity index is 2.27. The molecule has 0 unspecified atom stereocenters. The van der Waals surface area contributed by atoms with Gasteiger partial charge in [0.1, 0.15) is 5.75 Å². The summed E-state index contributed by atoms with van der Waals surface area (Å²) in [6, 6.07) is 9.19. The number of halogens is 1. The lowest BCUT2D eigenvalue weighted by atomic mass is 10.2. The number of esters is 1. The van der Waals surface area contributed by atoms with Crippen LogP contribution in [0.4, 0.5) is 4.79 Å². The van der Waals surface area contributed by atoms with Crippen LogP contribution in [0.1, 0.15) is 22.8 Å². The van der Waals surface area contributed by atoms with Crippen molar-refractivity contribution in [2.75, 3.05) is 13.7 Å². The van der Waals surface area contributed by atoms with Crippen LogP contribution < -0.4 is 25.4 Å². The summed E-state index contributed by atoms with van der Waals surface area (Å²) in [5.41, 5.74) is 8.09. The molecule has 27 heavy (non-hydrogen) atoms. The number of nitrogens with one attached hydrogen (secondary N) is 1. The number of hydrazone groups is 1. The summed E-state index contributed by atoms with van der Waals surface area (Å²) < 4.78 is 16.8. The van der Waals surface area contributed by atoms with Crippen molar-refractivity contribution in [3.63, 3.8) is 0 Å². The van der Waals surface area contributed by atoms with E-state index < -0.39 is 12.0 Å². The van der Waals surface area contributed by atoms with Crippen molar-refractivity contribution < 1.29 is 23.8 Å². The minimum Gasteiger partial charge on any atom is -0.497 e. The maximum absolute atomic E-state index is 12.4. The quantitative estimate of drug-likeness (QED) is 0.207. The smallest absolute Gasteiger partial charge is 0.343 e. The molecule has 9 heteroatoms. The predicted molar refractivity (Wildman–Crippen MR) is 109 cm³/mol. The Morgan fingerprint density at radius 3 is 2.56 bits per heavy atom. The van der Waals surface area contributed by atoms with Crippen molar-refractivity contribution in [1.82, 2.24) is 5.43 Å². The molecular formula is C18H18IN3O5. The zero-order valence-electron chi connectivity index (χ0n) is 14.7. The first-order valence-corrected chi connectivity index (χ1v) is 8.93. The Hall–Kier alpha value is -2.82. The van der Waals surface area contributed by atoms with Gasteiger partial charge in [-0.2, -0.15) is 5.10 Å². The first-order chi connectivity index (χ1) is 12.9. The van der Waals surface area contributed by atoms with Gasteiger partial charge in [-0.25, -0.2) is 15.0 Å². The molecule has 0 aliphatic carbocycles. The van der Waals surface area contributed by atoms with E-state index >= 15 is 0 Å². The van der Waals surface area contributed by atoms with E-state index in [0.29, 0.717) is 38.6 Å². The lowest BCUT2D eigenvalue weighted by Crippen LogP contribution is -2.24. The average molecular weight is 483 g/mol. The maximum atomic E-state index is 12.4. The molecule has 2 rings (SSSR count). The number of methoxy groups -OCH3 is 1. The van der Waals surface area contributed by atoms with Crippen molar-refractivity contribution in [3.05, 3.63) is 51.1 Å². The van der Waals surface area contributed by atoms with Gasteiger partial charge in [0.2, 0.25) is 0 Å². The van der Waals surface area contributed by atoms with Gasteiger partial charge in [0.15, 0.2) is 11.5 Å². The molecule has 142 valence electrons. The lowest BCUT2D eigenvalue weighted by Gasteiger charge is -2.13. The molecule has 2 aromatic carbocycles. The molecule has 0 spiro atoms. The van der Waals surface area contributed by atoms with Crippen molar-refractivity contribution in [1.29, 1.82) is 0 Å². The molecule has 0 fully saturated rings. The minimum atomic E-state index is -0.768. The molecule has 0 aromatic heterocycles. The molecule has 0 saturated carbocycles. The molecule has 0 saturated heterocycles. The van der Waals surface area contributed by atoms with Crippen LogP contribution >= 0.6 is 22.6 Å². The van der Waals surface area contributed by atoms with E-state index in [4.69, 9.17) is 19.9 Å². The Kier molecular flexibility index (Phi) is 7.41. The molecular weight excluding hydrogens is 465 g/mol. The number of amides is 2. The van der Waals surface area contributed by atoms with Crippen LogP contribution in [0.2, 0.25) is 0 Å². The molecule has 0 bridgehead atoms. The standard InChI is InChI=1S/C18H18IN3O5/c1-3-26-15-9-11(10-21-22-18(20)24)8-14(19)16(15)27-17(23)12-4-6-13(25-2)7-5-12/h4-10H,3H2,1-2H3,(H3,20,22,24). The summed E-state index contributed by atoms with van der Waals surface area (Å²) in [5, 5.41) is 3.71. The predicted octanol–water partition coefficient (Wildman–Crippen LogP) is 2.92. The van der Waals surface area contributed by atoms with Gasteiger partial charge in [-0.1, -0.05) is 0 Å². The van der Waals surface area contributed by atoms with Crippen molar-refractivity contribution in [2.24, 2.45) is 10.8 Å². The van der Waals surface area contributed by atoms with Crippen LogP contribution in [0.5, 0.6) is 17.2 Å². The van der Waals surface area contributed by atoms with Gasteiger partial charge in [-0.05, 0) is 71.5 Å². The highest BCUT2D eigenvalue weighted by molar-refractivity contribution is 14.1. The van der Waals surface area contributed by atoms with E-state index in [1.165, 1.54) is 6.21 Å². The summed E-state index contributed by atoms with van der Waals surface area (Å²) >= 11 is 2.03. The molecule has 0 aliphatic heterocycles. The van der Waals surface area contributed by atoms with Gasteiger partial charge >= 0.3 is 12.0 Å². The summed E-state index contributed by atoms with van der Waals surface area (Å²) in [5.74, 6) is 0.808. The Bertz CT molecular complexity index is 853. The summed E-state index contributed by atoms with van der Waals surface area (Å²) in [6.07, 6.45) is 1.41. The van der Waals surface area contributed by atoms with E-state index in [1.54, 1.807) is 43.5 Å². The zero-order valence-corrected chi connectivity index (χ0v) is 16.8. The number of ether oxygens (including phenoxy) is 3. The molecule has 0 atom stereocenters. The minimum absolute atomic E-state index is 0.304. The number of carbonyl (C=O) groups is 2. The number of benzene rings is 2. The fraction of sp³-hybridized carbons (Fsp3) is 0.167. The fourth-order valence-electron chi connectivity index (χ4n) is 2.07. The molecule has 3 N–H and O–H groups in total. The fourth-order valence-corrected chi connectivity index (χ4v) is 2.81. The van der Waals surface area contributed by atoms with E-state index in [0.717, 1.165) is 0 Å². The number of carbonyl (C=O) groups excluding carboxylic acids is 2. The number of hydrogen-bond donors (Lipinski definition) is 2. The van der Waals surface area contributed by atoms with E-state index in [9.17, 15) is 9.59 Å². The normalized spacial score (nSPS) is 10.5. The number of nitrogens with two attached hydrogens (primary N) is 1. The second-order valence-corrected chi connectivity index (χ2v) is 6.28. The van der Waals surface area contributed by atoms with Gasteiger partial charge in [0, 0.05) is 0 Å². The number of rotatable bonds is 7. The molecule has 0 aliphatic rings. The van der Waals surface area contributed by atoms with Crippen LogP contribution in [0.3, 0.4) is 0 Å². The summed E-state index contributed by atoms with van der Waals surface area (Å²) in [7, 11) is 1.55. The van der Waals surface area contributed by atoms with Crippen LogP contribution in [-0.4, -0.2) is 31.9 Å². The number of hydrogen-bond acceptors (Lipinski definition) is 6. The van der Waals surface area contributed by atoms with Gasteiger partial charge in [-0.15, -0.1) is 0 Å². The molecule has 0 heterocycles. The lowest BCUT2D eigenvalue weighted by molar-refractivity contribution is 0.0727. The third kappa shape index (κ3) is 5.84. The molecule has 2 aromatic rings. The third-order valence-electron chi connectivity index (χ3n) is 3.24. The number of nitrogens with zero attached hydrogens (tertiary/aromatic N) is 1. The highest BCUT2D eigenvalue weighted by Gasteiger charge is 2.17. The van der Waals surface area contributed by atoms with Crippen molar-refractivity contribution in [3.8, 4) is 17.2 Å². The van der Waals surface area contributed by atoms with Crippen molar-refractivity contribution >= 4 is 40.8 Å². The van der Waals surface area contributed by atoms with Crippen LogP contribution in [0.25, 0.3) is 0 Å². The molecule has 2 amide bonds. The third-order valence-corrected chi connectivity index (χ3v) is 4.04. The van der Waals surface area contributed by atoms with Crippen LogP contribution in [0, 0.1) is 3.57 Å². The first-order valence-electron chi connectivity index (χ1n) is 7.85. The molecule has 8 nitrogen and oxygen atoms in total. The van der Waals surface area contributed by atoms with Crippen molar-refractivity contribution in [2.45, 2.75) is 6.92 Å². The van der Waals surface area contributed by atoms with E-state index in [1.807, 2.05) is 29.5 Å². The second kappa shape index (κ2) is 9.76. The zero-order chi connectivity index (χ0) is 19.8. The summed E-state index contributed by atoms with van der Waals surface area (Å²) in [6.45, 7) is 2.20. The topological polar surface area (TPSA) is 112 Å². The van der Waals surface area contributed by atoms with E-state index in [2.05, 4.69) is 10.5 Å². The monoisotopic (exact) mass is 483 g/mol. The summed E-state index contributed by atoms with van der Waals surface area (Å²) in [4.78, 5) is 23.1. The van der Waals surface area contributed by atoms with Gasteiger partial charge in [0.25, 0.3) is 0 Å². The number of urea groups is 1. The Labute approximate surface area is 169 Å². The maximum Gasteiger partial charge on any atom is 0.343 e. The first kappa shape index (κ1) is 20.5. The largest absolute Gasteiger partial charge is 0.497 e. The Morgan fingerprint density at radius 1 is 1.26 bits per heavy atom. The highest BCUT2D eigenvalue weighted by Crippen LogP contribution is 2.34. The highest BCUT2D eigenvalue weighted by atomic mass is 127. The Morgan fingerprint density at radius 2 is 1.96 bits per heavy atom.